The molecule has 4 nitrogen and oxygen atoms in total. The highest BCUT2D eigenvalue weighted by Crippen LogP contribution is 2.18. The summed E-state index contributed by atoms with van der Waals surface area (Å²) in [6, 6.07) is 7.62. The van der Waals surface area contributed by atoms with Crippen molar-refractivity contribution in [3.63, 3.8) is 0 Å². The summed E-state index contributed by atoms with van der Waals surface area (Å²) in [5.74, 6) is 0.641. The van der Waals surface area contributed by atoms with Crippen LogP contribution < -0.4 is 10.1 Å². The Morgan fingerprint density at radius 3 is 3.00 bits per heavy atom. The van der Waals surface area contributed by atoms with Crippen LogP contribution in [0.3, 0.4) is 0 Å². The summed E-state index contributed by atoms with van der Waals surface area (Å²) >= 11 is 0. The van der Waals surface area contributed by atoms with E-state index in [2.05, 4.69) is 5.32 Å². The quantitative estimate of drug-likeness (QED) is 0.839. The van der Waals surface area contributed by atoms with E-state index in [1.807, 2.05) is 31.2 Å². The molecule has 1 aromatic rings. The number of rotatable bonds is 5. The Bertz CT molecular complexity index is 478. The molecular formula is C16H21NO3. The zero-order valence-corrected chi connectivity index (χ0v) is 12.0. The van der Waals surface area contributed by atoms with Gasteiger partial charge in [0, 0.05) is 18.2 Å². The molecule has 0 aromatic heterocycles. The fourth-order valence-electron chi connectivity index (χ4n) is 2.33. The number of carbonyl (C=O) groups excluding carboxylic acids is 1. The van der Waals surface area contributed by atoms with Crippen LogP contribution in [-0.4, -0.2) is 31.8 Å². The lowest BCUT2D eigenvalue weighted by Crippen LogP contribution is -2.40. The Labute approximate surface area is 119 Å². The molecule has 0 saturated carbocycles. The lowest BCUT2D eigenvalue weighted by atomic mass is 10.1. The van der Waals surface area contributed by atoms with Gasteiger partial charge in [-0.3, -0.25) is 4.79 Å². The van der Waals surface area contributed by atoms with Gasteiger partial charge in [-0.1, -0.05) is 18.2 Å². The standard InChI is InChI=1S/C16H21NO3/c1-12(14-8-5-11-20-14)17-16(18)10-9-13-6-3-4-7-15(13)19-2/h3-4,6-7,9-10,12,14H,5,8,11H2,1-2H3,(H,17,18)/b10-9+/t12-,14-/m0/s1. The van der Waals surface area contributed by atoms with Gasteiger partial charge in [0.15, 0.2) is 0 Å². The number of ether oxygens (including phenoxy) is 2. The van der Waals surface area contributed by atoms with Gasteiger partial charge in [-0.05, 0) is 31.9 Å². The zero-order chi connectivity index (χ0) is 14.4. The lowest BCUT2D eigenvalue weighted by molar-refractivity contribution is -0.117. The predicted molar refractivity (Wildman–Crippen MR) is 78.6 cm³/mol. The fourth-order valence-corrected chi connectivity index (χ4v) is 2.33. The van der Waals surface area contributed by atoms with Crippen LogP contribution in [0.1, 0.15) is 25.3 Å². The molecule has 0 radical (unpaired) electrons. The second-order valence-corrected chi connectivity index (χ2v) is 4.92. The van der Waals surface area contributed by atoms with Crippen LogP contribution in [0.15, 0.2) is 30.3 Å². The molecule has 2 atom stereocenters. The molecule has 1 saturated heterocycles. The molecular weight excluding hydrogens is 254 g/mol. The minimum atomic E-state index is -0.112. The average molecular weight is 275 g/mol. The summed E-state index contributed by atoms with van der Waals surface area (Å²) in [6.45, 7) is 2.77. The van der Waals surface area contributed by atoms with E-state index in [1.54, 1.807) is 13.2 Å². The summed E-state index contributed by atoms with van der Waals surface area (Å²) in [5, 5.41) is 2.94. The first-order valence-electron chi connectivity index (χ1n) is 6.94. The molecule has 1 heterocycles. The van der Waals surface area contributed by atoms with Crippen LogP contribution in [-0.2, 0) is 9.53 Å². The minimum Gasteiger partial charge on any atom is -0.496 e. The summed E-state index contributed by atoms with van der Waals surface area (Å²) < 4.78 is 10.8. The second-order valence-electron chi connectivity index (χ2n) is 4.92. The van der Waals surface area contributed by atoms with E-state index in [1.165, 1.54) is 6.08 Å². The highest BCUT2D eigenvalue weighted by molar-refractivity contribution is 5.92. The molecule has 1 aromatic carbocycles. The van der Waals surface area contributed by atoms with Crippen molar-refractivity contribution < 1.29 is 14.3 Å². The third-order valence-electron chi connectivity index (χ3n) is 3.45. The largest absolute Gasteiger partial charge is 0.496 e. The number of benzene rings is 1. The van der Waals surface area contributed by atoms with Gasteiger partial charge in [0.2, 0.25) is 5.91 Å². The molecule has 0 aliphatic carbocycles. The van der Waals surface area contributed by atoms with Gasteiger partial charge >= 0.3 is 0 Å². The monoisotopic (exact) mass is 275 g/mol. The van der Waals surface area contributed by atoms with E-state index < -0.39 is 0 Å². The smallest absolute Gasteiger partial charge is 0.244 e. The number of para-hydroxylation sites is 1. The maximum Gasteiger partial charge on any atom is 0.244 e. The molecule has 1 aliphatic rings. The Morgan fingerprint density at radius 1 is 1.50 bits per heavy atom. The molecule has 0 spiro atoms. The number of methoxy groups -OCH3 is 1. The Hall–Kier alpha value is -1.81. The molecule has 1 N–H and O–H groups in total. The number of nitrogens with one attached hydrogen (secondary N) is 1. The molecule has 0 bridgehead atoms. The highest BCUT2D eigenvalue weighted by Gasteiger charge is 2.22. The molecule has 1 aliphatic heterocycles. The highest BCUT2D eigenvalue weighted by atomic mass is 16.5. The van der Waals surface area contributed by atoms with Crippen molar-refractivity contribution in [2.24, 2.45) is 0 Å². The van der Waals surface area contributed by atoms with Crippen molar-refractivity contribution in [2.75, 3.05) is 13.7 Å². The van der Waals surface area contributed by atoms with Crippen molar-refractivity contribution in [1.82, 2.24) is 5.32 Å². The first kappa shape index (κ1) is 14.6. The van der Waals surface area contributed by atoms with Crippen LogP contribution in [0, 0.1) is 0 Å². The normalized spacial score (nSPS) is 20.0. The predicted octanol–water partition coefficient (Wildman–Crippen LogP) is 2.39. The van der Waals surface area contributed by atoms with Gasteiger partial charge in [-0.25, -0.2) is 0 Å². The third kappa shape index (κ3) is 3.84. The van der Waals surface area contributed by atoms with Crippen LogP contribution >= 0.6 is 0 Å². The van der Waals surface area contributed by atoms with E-state index in [0.717, 1.165) is 30.8 Å². The number of carbonyl (C=O) groups is 1. The van der Waals surface area contributed by atoms with E-state index in [4.69, 9.17) is 9.47 Å². The number of hydrogen-bond donors (Lipinski definition) is 1. The molecule has 1 fully saturated rings. The fraction of sp³-hybridized carbons (Fsp3) is 0.438. The number of hydrogen-bond acceptors (Lipinski definition) is 3. The van der Waals surface area contributed by atoms with Crippen molar-refractivity contribution in [3.8, 4) is 5.75 Å². The Kier molecular flexibility index (Phi) is 5.18. The van der Waals surface area contributed by atoms with Crippen LogP contribution in [0.2, 0.25) is 0 Å². The molecule has 0 unspecified atom stereocenters. The molecule has 2 rings (SSSR count). The zero-order valence-electron chi connectivity index (χ0n) is 12.0. The van der Waals surface area contributed by atoms with Crippen molar-refractivity contribution in [3.05, 3.63) is 35.9 Å². The number of amides is 1. The summed E-state index contributed by atoms with van der Waals surface area (Å²) in [7, 11) is 1.62. The summed E-state index contributed by atoms with van der Waals surface area (Å²) in [5.41, 5.74) is 0.884. The van der Waals surface area contributed by atoms with Gasteiger partial charge in [-0.2, -0.15) is 0 Å². The first-order valence-corrected chi connectivity index (χ1v) is 6.94. The van der Waals surface area contributed by atoms with E-state index >= 15 is 0 Å². The summed E-state index contributed by atoms with van der Waals surface area (Å²) in [4.78, 5) is 11.9. The average Bonchev–Trinajstić information content (AvgIpc) is 2.99. The topological polar surface area (TPSA) is 47.6 Å². The van der Waals surface area contributed by atoms with Gasteiger partial charge in [-0.15, -0.1) is 0 Å². The minimum absolute atomic E-state index is 0.0346. The van der Waals surface area contributed by atoms with Gasteiger partial charge in [0.1, 0.15) is 5.75 Å². The van der Waals surface area contributed by atoms with E-state index in [-0.39, 0.29) is 18.1 Å². The SMILES string of the molecule is COc1ccccc1/C=C/C(=O)N[C@@H](C)[C@@H]1CCCO1. The van der Waals surface area contributed by atoms with E-state index in [9.17, 15) is 4.79 Å². The van der Waals surface area contributed by atoms with Gasteiger partial charge in [0.25, 0.3) is 0 Å². The molecule has 20 heavy (non-hydrogen) atoms. The molecule has 4 heteroatoms. The third-order valence-corrected chi connectivity index (χ3v) is 3.45. The lowest BCUT2D eigenvalue weighted by Gasteiger charge is -2.18. The van der Waals surface area contributed by atoms with Gasteiger partial charge in [0.05, 0.1) is 19.3 Å². The van der Waals surface area contributed by atoms with Crippen LogP contribution in [0.5, 0.6) is 5.75 Å². The van der Waals surface area contributed by atoms with Crippen LogP contribution in [0.4, 0.5) is 0 Å². The second kappa shape index (κ2) is 7.10. The van der Waals surface area contributed by atoms with Crippen LogP contribution in [0.25, 0.3) is 6.08 Å². The van der Waals surface area contributed by atoms with Crippen molar-refractivity contribution in [2.45, 2.75) is 31.9 Å². The molecule has 108 valence electrons. The maximum atomic E-state index is 11.9. The van der Waals surface area contributed by atoms with Crippen molar-refractivity contribution >= 4 is 12.0 Å². The van der Waals surface area contributed by atoms with Crippen molar-refractivity contribution in [1.29, 1.82) is 0 Å². The maximum absolute atomic E-state index is 11.9. The summed E-state index contributed by atoms with van der Waals surface area (Å²) in [6.07, 6.45) is 5.51. The van der Waals surface area contributed by atoms with Gasteiger partial charge < -0.3 is 14.8 Å². The Morgan fingerprint density at radius 2 is 2.30 bits per heavy atom. The molecule has 1 amide bonds. The van der Waals surface area contributed by atoms with E-state index in [0.29, 0.717) is 0 Å². The Balaban J connectivity index is 1.91. The first-order chi connectivity index (χ1) is 9.70.